The second kappa shape index (κ2) is 5.86. The summed E-state index contributed by atoms with van der Waals surface area (Å²) in [5, 5.41) is 0. The highest BCUT2D eigenvalue weighted by Crippen LogP contribution is 2.18. The molecule has 1 aliphatic heterocycles. The number of piperidine rings is 1. The van der Waals surface area contributed by atoms with E-state index in [0.29, 0.717) is 0 Å². The molecule has 0 aromatic carbocycles. The predicted octanol–water partition coefficient (Wildman–Crippen LogP) is 2.30. The Bertz CT molecular complexity index is 169. The van der Waals surface area contributed by atoms with Crippen molar-refractivity contribution in [2.75, 3.05) is 33.7 Å². The number of rotatable bonds is 4. The van der Waals surface area contributed by atoms with Crippen molar-refractivity contribution in [3.05, 3.63) is 0 Å². The fourth-order valence-corrected chi connectivity index (χ4v) is 2.24. The first-order chi connectivity index (χ1) is 7.00. The van der Waals surface area contributed by atoms with Gasteiger partial charge in [-0.05, 0) is 51.9 Å². The molecule has 0 amide bonds. The first-order valence-electron chi connectivity index (χ1n) is 6.39. The molecule has 1 aliphatic rings. The normalized spacial score (nSPS) is 22.6. The Kier molecular flexibility index (Phi) is 5.07. The average molecular weight is 212 g/mol. The summed E-state index contributed by atoms with van der Waals surface area (Å²) in [6.07, 6.45) is 2.69. The van der Waals surface area contributed by atoms with Crippen LogP contribution in [0, 0.1) is 11.8 Å². The van der Waals surface area contributed by atoms with Crippen LogP contribution in [0.1, 0.15) is 33.6 Å². The van der Waals surface area contributed by atoms with E-state index < -0.39 is 0 Å². The third-order valence-electron chi connectivity index (χ3n) is 3.97. The van der Waals surface area contributed by atoms with E-state index in [1.165, 1.54) is 32.5 Å². The maximum Gasteiger partial charge on any atom is 0.0113 e. The standard InChI is InChI=1S/C13H28N2/c1-11(2)12(3)10-15-8-6-13(7-9-15)14(4)5/h11-13H,6-10H2,1-5H3. The molecule has 0 aromatic rings. The van der Waals surface area contributed by atoms with Crippen molar-refractivity contribution in [2.24, 2.45) is 11.8 Å². The second-order valence-corrected chi connectivity index (χ2v) is 5.72. The molecule has 0 spiro atoms. The van der Waals surface area contributed by atoms with Crippen molar-refractivity contribution >= 4 is 0 Å². The zero-order valence-electron chi connectivity index (χ0n) is 11.2. The molecule has 0 saturated carbocycles. The molecule has 0 aromatic heterocycles. The van der Waals surface area contributed by atoms with Gasteiger partial charge in [0, 0.05) is 12.6 Å². The Morgan fingerprint density at radius 2 is 1.67 bits per heavy atom. The molecule has 0 N–H and O–H groups in total. The van der Waals surface area contributed by atoms with Gasteiger partial charge in [0.05, 0.1) is 0 Å². The summed E-state index contributed by atoms with van der Waals surface area (Å²) in [6, 6.07) is 0.815. The Morgan fingerprint density at radius 1 is 1.13 bits per heavy atom. The van der Waals surface area contributed by atoms with Crippen LogP contribution in [0.4, 0.5) is 0 Å². The van der Waals surface area contributed by atoms with E-state index in [0.717, 1.165) is 17.9 Å². The molecular weight excluding hydrogens is 184 g/mol. The summed E-state index contributed by atoms with van der Waals surface area (Å²) in [5.41, 5.74) is 0. The van der Waals surface area contributed by atoms with Crippen LogP contribution in [0.15, 0.2) is 0 Å². The minimum absolute atomic E-state index is 0.815. The Labute approximate surface area is 95.6 Å². The minimum atomic E-state index is 0.815. The molecule has 1 fully saturated rings. The Balaban J connectivity index is 2.25. The molecule has 1 unspecified atom stereocenters. The lowest BCUT2D eigenvalue weighted by molar-refractivity contribution is 0.124. The van der Waals surface area contributed by atoms with Crippen LogP contribution in [0.2, 0.25) is 0 Å². The number of hydrogen-bond acceptors (Lipinski definition) is 2. The van der Waals surface area contributed by atoms with Crippen molar-refractivity contribution < 1.29 is 0 Å². The Hall–Kier alpha value is -0.0800. The molecule has 15 heavy (non-hydrogen) atoms. The fraction of sp³-hybridized carbons (Fsp3) is 1.00. The van der Waals surface area contributed by atoms with E-state index in [9.17, 15) is 0 Å². The summed E-state index contributed by atoms with van der Waals surface area (Å²) in [5.74, 6) is 1.65. The molecule has 1 saturated heterocycles. The van der Waals surface area contributed by atoms with Gasteiger partial charge in [-0.15, -0.1) is 0 Å². The molecule has 1 heterocycles. The van der Waals surface area contributed by atoms with Crippen LogP contribution in [-0.2, 0) is 0 Å². The zero-order valence-corrected chi connectivity index (χ0v) is 11.2. The number of likely N-dealkylation sites (tertiary alicyclic amines) is 1. The van der Waals surface area contributed by atoms with Crippen LogP contribution in [0.5, 0.6) is 0 Å². The van der Waals surface area contributed by atoms with Crippen LogP contribution in [-0.4, -0.2) is 49.6 Å². The summed E-state index contributed by atoms with van der Waals surface area (Å²) in [4.78, 5) is 5.02. The van der Waals surface area contributed by atoms with Crippen molar-refractivity contribution in [3.8, 4) is 0 Å². The van der Waals surface area contributed by atoms with Gasteiger partial charge in [0.2, 0.25) is 0 Å². The third-order valence-corrected chi connectivity index (χ3v) is 3.97. The van der Waals surface area contributed by atoms with Gasteiger partial charge in [-0.3, -0.25) is 0 Å². The van der Waals surface area contributed by atoms with E-state index in [-0.39, 0.29) is 0 Å². The van der Waals surface area contributed by atoms with Gasteiger partial charge in [0.15, 0.2) is 0 Å². The highest BCUT2D eigenvalue weighted by Gasteiger charge is 2.22. The largest absolute Gasteiger partial charge is 0.306 e. The van der Waals surface area contributed by atoms with Gasteiger partial charge in [0.25, 0.3) is 0 Å². The van der Waals surface area contributed by atoms with Crippen molar-refractivity contribution in [3.63, 3.8) is 0 Å². The maximum atomic E-state index is 2.64. The highest BCUT2D eigenvalue weighted by atomic mass is 15.2. The Morgan fingerprint density at radius 3 is 2.07 bits per heavy atom. The smallest absolute Gasteiger partial charge is 0.0113 e. The van der Waals surface area contributed by atoms with E-state index in [1.54, 1.807) is 0 Å². The van der Waals surface area contributed by atoms with E-state index in [1.807, 2.05) is 0 Å². The van der Waals surface area contributed by atoms with E-state index >= 15 is 0 Å². The monoisotopic (exact) mass is 212 g/mol. The molecule has 2 nitrogen and oxygen atoms in total. The lowest BCUT2D eigenvalue weighted by Crippen LogP contribution is -2.43. The van der Waals surface area contributed by atoms with Gasteiger partial charge >= 0.3 is 0 Å². The molecule has 0 bridgehead atoms. The highest BCUT2D eigenvalue weighted by molar-refractivity contribution is 4.78. The average Bonchev–Trinajstić information content (AvgIpc) is 2.18. The van der Waals surface area contributed by atoms with Gasteiger partial charge in [0.1, 0.15) is 0 Å². The summed E-state index contributed by atoms with van der Waals surface area (Å²) >= 11 is 0. The summed E-state index contributed by atoms with van der Waals surface area (Å²) < 4.78 is 0. The lowest BCUT2D eigenvalue weighted by atomic mass is 9.96. The van der Waals surface area contributed by atoms with Crippen LogP contribution < -0.4 is 0 Å². The molecule has 2 heteroatoms. The SMILES string of the molecule is CC(C)C(C)CN1CCC(N(C)C)CC1. The summed E-state index contributed by atoms with van der Waals surface area (Å²) in [6.45, 7) is 10.9. The number of hydrogen-bond donors (Lipinski definition) is 0. The predicted molar refractivity (Wildman–Crippen MR) is 67.2 cm³/mol. The number of nitrogens with zero attached hydrogens (tertiary/aromatic N) is 2. The minimum Gasteiger partial charge on any atom is -0.306 e. The van der Waals surface area contributed by atoms with Gasteiger partial charge in [-0.25, -0.2) is 0 Å². The van der Waals surface area contributed by atoms with Gasteiger partial charge < -0.3 is 9.80 Å². The molecular formula is C13H28N2. The molecule has 1 rings (SSSR count). The van der Waals surface area contributed by atoms with Crippen LogP contribution in [0.3, 0.4) is 0 Å². The quantitative estimate of drug-likeness (QED) is 0.705. The maximum absolute atomic E-state index is 2.64. The summed E-state index contributed by atoms with van der Waals surface area (Å²) in [7, 11) is 4.41. The first-order valence-corrected chi connectivity index (χ1v) is 6.39. The van der Waals surface area contributed by atoms with Crippen LogP contribution in [0.25, 0.3) is 0 Å². The van der Waals surface area contributed by atoms with Crippen molar-refractivity contribution in [1.82, 2.24) is 9.80 Å². The third kappa shape index (κ3) is 4.12. The van der Waals surface area contributed by atoms with Crippen LogP contribution >= 0.6 is 0 Å². The first kappa shape index (κ1) is 13.0. The topological polar surface area (TPSA) is 6.48 Å². The zero-order chi connectivity index (χ0) is 11.4. The molecule has 1 atom stereocenters. The second-order valence-electron chi connectivity index (χ2n) is 5.72. The lowest BCUT2D eigenvalue weighted by Gasteiger charge is -2.36. The van der Waals surface area contributed by atoms with E-state index in [4.69, 9.17) is 0 Å². The molecule has 90 valence electrons. The van der Waals surface area contributed by atoms with Crippen molar-refractivity contribution in [2.45, 2.75) is 39.7 Å². The fourth-order valence-electron chi connectivity index (χ4n) is 2.24. The van der Waals surface area contributed by atoms with Crippen molar-refractivity contribution in [1.29, 1.82) is 0 Å². The van der Waals surface area contributed by atoms with E-state index in [2.05, 4.69) is 44.7 Å². The molecule has 0 radical (unpaired) electrons. The molecule has 0 aliphatic carbocycles. The van der Waals surface area contributed by atoms with Gasteiger partial charge in [-0.1, -0.05) is 20.8 Å². The van der Waals surface area contributed by atoms with Gasteiger partial charge in [-0.2, -0.15) is 0 Å².